The van der Waals surface area contributed by atoms with E-state index in [1.807, 2.05) is 18.3 Å². The third-order valence-electron chi connectivity index (χ3n) is 2.84. The minimum atomic E-state index is -0.189. The van der Waals surface area contributed by atoms with E-state index in [0.717, 1.165) is 19.5 Å². The molecule has 1 unspecified atom stereocenters. The van der Waals surface area contributed by atoms with Gasteiger partial charge >= 0.3 is 0 Å². The predicted octanol–water partition coefficient (Wildman–Crippen LogP) is 2.10. The summed E-state index contributed by atoms with van der Waals surface area (Å²) < 4.78 is 0. The van der Waals surface area contributed by atoms with Crippen molar-refractivity contribution in [2.75, 3.05) is 6.54 Å². The van der Waals surface area contributed by atoms with Gasteiger partial charge in [0.1, 0.15) is 0 Å². The van der Waals surface area contributed by atoms with Crippen LogP contribution in [-0.4, -0.2) is 17.8 Å². The average Bonchev–Trinajstić information content (AvgIpc) is 2.71. The van der Waals surface area contributed by atoms with Gasteiger partial charge in [-0.25, -0.2) is 0 Å². The molecule has 15 heavy (non-hydrogen) atoms. The molecule has 0 amide bonds. The summed E-state index contributed by atoms with van der Waals surface area (Å²) in [6.45, 7) is 3.70. The zero-order valence-electron chi connectivity index (χ0n) is 9.25. The minimum Gasteiger partial charge on any atom is -0.393 e. The number of thiophene rings is 1. The third kappa shape index (κ3) is 3.03. The van der Waals surface area contributed by atoms with Crippen LogP contribution in [0.15, 0.2) is 6.07 Å². The fourth-order valence-electron chi connectivity index (χ4n) is 2.00. The first-order valence-electron chi connectivity index (χ1n) is 5.75. The Balaban J connectivity index is 1.74. The summed E-state index contributed by atoms with van der Waals surface area (Å²) >= 11 is 1.96. The van der Waals surface area contributed by atoms with Crippen LogP contribution in [0.5, 0.6) is 0 Å². The summed E-state index contributed by atoms with van der Waals surface area (Å²) in [5.41, 5.74) is 1.58. The van der Waals surface area contributed by atoms with Gasteiger partial charge in [-0.15, -0.1) is 11.3 Å². The number of nitrogens with one attached hydrogen (secondary N) is 1. The quantitative estimate of drug-likeness (QED) is 0.752. The van der Waals surface area contributed by atoms with Gasteiger partial charge in [-0.2, -0.15) is 0 Å². The van der Waals surface area contributed by atoms with E-state index < -0.39 is 0 Å². The van der Waals surface area contributed by atoms with E-state index >= 15 is 0 Å². The Kier molecular flexibility index (Phi) is 3.78. The molecule has 0 saturated carbocycles. The zero-order chi connectivity index (χ0) is 10.7. The van der Waals surface area contributed by atoms with Gasteiger partial charge in [0, 0.05) is 16.3 Å². The molecule has 0 saturated heterocycles. The van der Waals surface area contributed by atoms with Crippen molar-refractivity contribution in [1.82, 2.24) is 5.32 Å². The molecule has 2 nitrogen and oxygen atoms in total. The van der Waals surface area contributed by atoms with Crippen LogP contribution in [0, 0.1) is 0 Å². The lowest BCUT2D eigenvalue weighted by Crippen LogP contribution is -2.18. The van der Waals surface area contributed by atoms with E-state index in [2.05, 4.69) is 11.4 Å². The lowest BCUT2D eigenvalue weighted by molar-refractivity contribution is 0.183. The summed E-state index contributed by atoms with van der Waals surface area (Å²) in [5, 5.41) is 12.5. The molecule has 1 aromatic heterocycles. The van der Waals surface area contributed by atoms with Gasteiger partial charge in [0.05, 0.1) is 6.10 Å². The summed E-state index contributed by atoms with van der Waals surface area (Å²) in [6, 6.07) is 2.35. The molecule has 84 valence electrons. The topological polar surface area (TPSA) is 32.3 Å². The van der Waals surface area contributed by atoms with Gasteiger partial charge in [-0.3, -0.25) is 0 Å². The Morgan fingerprint density at radius 3 is 3.13 bits per heavy atom. The Labute approximate surface area is 95.3 Å². The second-order valence-corrected chi connectivity index (χ2v) is 5.55. The molecule has 0 fully saturated rings. The van der Waals surface area contributed by atoms with Crippen molar-refractivity contribution in [2.45, 2.75) is 45.3 Å². The predicted molar refractivity (Wildman–Crippen MR) is 64.3 cm³/mol. The maximum absolute atomic E-state index is 9.11. The summed E-state index contributed by atoms with van der Waals surface area (Å²) in [6.07, 6.45) is 4.56. The van der Waals surface area contributed by atoms with Gasteiger partial charge in [0.2, 0.25) is 0 Å². The van der Waals surface area contributed by atoms with Crippen LogP contribution in [0.3, 0.4) is 0 Å². The van der Waals surface area contributed by atoms with Crippen molar-refractivity contribution in [3.05, 3.63) is 21.4 Å². The van der Waals surface area contributed by atoms with Crippen LogP contribution in [0.25, 0.3) is 0 Å². The number of aryl methyl sites for hydroxylation is 2. The van der Waals surface area contributed by atoms with Crippen molar-refractivity contribution in [3.8, 4) is 0 Å². The van der Waals surface area contributed by atoms with Crippen LogP contribution < -0.4 is 5.32 Å². The van der Waals surface area contributed by atoms with Gasteiger partial charge in [-0.1, -0.05) is 0 Å². The lowest BCUT2D eigenvalue weighted by Gasteiger charge is -2.04. The number of aliphatic hydroxyl groups is 1. The molecule has 0 aromatic carbocycles. The number of aliphatic hydroxyl groups excluding tert-OH is 1. The largest absolute Gasteiger partial charge is 0.393 e. The Morgan fingerprint density at radius 1 is 1.53 bits per heavy atom. The highest BCUT2D eigenvalue weighted by molar-refractivity contribution is 7.12. The standard InChI is InChI=1S/C12H19NOS/c1-9(14)5-6-13-8-11-7-10-3-2-4-12(10)15-11/h7,9,13-14H,2-6,8H2,1H3. The molecule has 1 aliphatic carbocycles. The minimum absolute atomic E-state index is 0.189. The van der Waals surface area contributed by atoms with E-state index in [9.17, 15) is 0 Å². The molecule has 0 aliphatic heterocycles. The van der Waals surface area contributed by atoms with Crippen LogP contribution in [0.1, 0.15) is 35.1 Å². The lowest BCUT2D eigenvalue weighted by atomic mass is 10.2. The van der Waals surface area contributed by atoms with E-state index in [4.69, 9.17) is 5.11 Å². The smallest absolute Gasteiger partial charge is 0.0524 e. The Bertz CT molecular complexity index is 298. The SMILES string of the molecule is CC(O)CCNCc1cc2c(s1)CCC2. The first-order chi connectivity index (χ1) is 7.25. The number of hydrogen-bond acceptors (Lipinski definition) is 3. The number of rotatable bonds is 5. The Hall–Kier alpha value is -0.380. The molecule has 1 atom stereocenters. The van der Waals surface area contributed by atoms with E-state index in [1.54, 1.807) is 10.4 Å². The number of hydrogen-bond donors (Lipinski definition) is 2. The second-order valence-electron chi connectivity index (χ2n) is 4.33. The van der Waals surface area contributed by atoms with Gasteiger partial charge in [0.25, 0.3) is 0 Å². The molecule has 0 bridgehead atoms. The van der Waals surface area contributed by atoms with Crippen LogP contribution >= 0.6 is 11.3 Å². The van der Waals surface area contributed by atoms with Crippen molar-refractivity contribution in [1.29, 1.82) is 0 Å². The second kappa shape index (κ2) is 5.10. The van der Waals surface area contributed by atoms with E-state index in [0.29, 0.717) is 0 Å². The molecular weight excluding hydrogens is 206 g/mol. The number of fused-ring (bicyclic) bond motifs is 1. The average molecular weight is 225 g/mol. The summed E-state index contributed by atoms with van der Waals surface area (Å²) in [4.78, 5) is 3.05. The van der Waals surface area contributed by atoms with Crippen LogP contribution in [-0.2, 0) is 19.4 Å². The summed E-state index contributed by atoms with van der Waals surface area (Å²) in [5.74, 6) is 0. The molecular formula is C12H19NOS. The molecule has 0 spiro atoms. The van der Waals surface area contributed by atoms with E-state index in [-0.39, 0.29) is 6.10 Å². The monoisotopic (exact) mass is 225 g/mol. The maximum Gasteiger partial charge on any atom is 0.0524 e. The highest BCUT2D eigenvalue weighted by Crippen LogP contribution is 2.30. The zero-order valence-corrected chi connectivity index (χ0v) is 10.1. The fraction of sp³-hybridized carbons (Fsp3) is 0.667. The van der Waals surface area contributed by atoms with Gasteiger partial charge in [0.15, 0.2) is 0 Å². The normalized spacial score (nSPS) is 16.7. The first-order valence-corrected chi connectivity index (χ1v) is 6.56. The van der Waals surface area contributed by atoms with Gasteiger partial charge < -0.3 is 10.4 Å². The molecule has 1 heterocycles. The maximum atomic E-state index is 9.11. The molecule has 1 aliphatic rings. The van der Waals surface area contributed by atoms with E-state index in [1.165, 1.54) is 24.1 Å². The molecule has 2 rings (SSSR count). The van der Waals surface area contributed by atoms with Gasteiger partial charge in [-0.05, 0) is 50.8 Å². The Morgan fingerprint density at radius 2 is 2.40 bits per heavy atom. The van der Waals surface area contributed by atoms with Crippen molar-refractivity contribution >= 4 is 11.3 Å². The first kappa shape index (κ1) is 11.1. The molecule has 2 N–H and O–H groups in total. The van der Waals surface area contributed by atoms with Crippen molar-refractivity contribution in [2.24, 2.45) is 0 Å². The molecule has 3 heteroatoms. The van der Waals surface area contributed by atoms with Crippen LogP contribution in [0.2, 0.25) is 0 Å². The molecule has 0 radical (unpaired) electrons. The highest BCUT2D eigenvalue weighted by atomic mass is 32.1. The van der Waals surface area contributed by atoms with Crippen LogP contribution in [0.4, 0.5) is 0 Å². The third-order valence-corrected chi connectivity index (χ3v) is 4.07. The van der Waals surface area contributed by atoms with Crippen molar-refractivity contribution < 1.29 is 5.11 Å². The van der Waals surface area contributed by atoms with Crippen molar-refractivity contribution in [3.63, 3.8) is 0 Å². The summed E-state index contributed by atoms with van der Waals surface area (Å²) in [7, 11) is 0. The highest BCUT2D eigenvalue weighted by Gasteiger charge is 2.14. The molecule has 1 aromatic rings. The fourth-order valence-corrected chi connectivity index (χ4v) is 3.23.